The van der Waals surface area contributed by atoms with Gasteiger partial charge in [0.15, 0.2) is 9.84 Å². The number of amides is 1. The second-order valence-corrected chi connectivity index (χ2v) is 7.30. The Morgan fingerprint density at radius 2 is 1.67 bits per heavy atom. The van der Waals surface area contributed by atoms with Crippen molar-refractivity contribution in [1.29, 1.82) is 0 Å². The Kier molecular flexibility index (Phi) is 3.71. The zero-order valence-electron chi connectivity index (χ0n) is 11.0. The Hall–Kier alpha value is -1.56. The first-order valence-corrected chi connectivity index (χ1v) is 7.30. The van der Waals surface area contributed by atoms with E-state index in [0.29, 0.717) is 11.4 Å². The third kappa shape index (κ3) is 2.64. The predicted molar refractivity (Wildman–Crippen MR) is 73.2 cm³/mol. The van der Waals surface area contributed by atoms with E-state index < -0.39 is 20.5 Å². The van der Waals surface area contributed by atoms with Crippen molar-refractivity contribution in [1.82, 2.24) is 0 Å². The number of hydrogen-bond donors (Lipinski definition) is 1. The zero-order valence-corrected chi connectivity index (χ0v) is 11.8. The molecule has 1 aromatic carbocycles. The molecule has 5 nitrogen and oxygen atoms in total. The molecule has 1 aromatic rings. The van der Waals surface area contributed by atoms with Crippen LogP contribution in [0.3, 0.4) is 0 Å². The van der Waals surface area contributed by atoms with Crippen molar-refractivity contribution in [2.24, 2.45) is 0 Å². The minimum Gasteiger partial charge on any atom is -0.399 e. The summed E-state index contributed by atoms with van der Waals surface area (Å²) in [6.07, 6.45) is 1.06. The van der Waals surface area contributed by atoms with E-state index in [-0.39, 0.29) is 0 Å². The molecular formula is C12H18N2O3S. The minimum absolute atomic E-state index is 0.477. The molecule has 100 valence electrons. The number of sulfone groups is 1. The number of nitrogens with zero attached hydrogens (tertiary/aromatic N) is 1. The highest BCUT2D eigenvalue weighted by Crippen LogP contribution is 2.23. The number of rotatable bonds is 3. The number of nitrogens with two attached hydrogens (primary N) is 1. The molecular weight excluding hydrogens is 252 g/mol. The van der Waals surface area contributed by atoms with E-state index in [4.69, 9.17) is 5.73 Å². The van der Waals surface area contributed by atoms with E-state index in [1.165, 1.54) is 18.7 Å². The van der Waals surface area contributed by atoms with Crippen LogP contribution in [-0.4, -0.2) is 32.4 Å². The van der Waals surface area contributed by atoms with Crippen LogP contribution >= 0.6 is 0 Å². The lowest BCUT2D eigenvalue weighted by molar-refractivity contribution is -0.120. The predicted octanol–water partition coefficient (Wildman–Crippen LogP) is 1.05. The van der Waals surface area contributed by atoms with E-state index in [0.717, 1.165) is 6.26 Å². The molecule has 6 heteroatoms. The number of hydrogen-bond acceptors (Lipinski definition) is 4. The fourth-order valence-electron chi connectivity index (χ4n) is 1.38. The highest BCUT2D eigenvalue weighted by molar-refractivity contribution is 7.92. The van der Waals surface area contributed by atoms with Crippen LogP contribution in [0, 0.1) is 0 Å². The normalized spacial score (nSPS) is 12.2. The van der Waals surface area contributed by atoms with E-state index in [9.17, 15) is 13.2 Å². The van der Waals surface area contributed by atoms with Crippen LogP contribution in [0.5, 0.6) is 0 Å². The van der Waals surface area contributed by atoms with Crippen molar-refractivity contribution in [2.75, 3.05) is 23.9 Å². The van der Waals surface area contributed by atoms with Crippen molar-refractivity contribution in [3.8, 4) is 0 Å². The quantitative estimate of drug-likeness (QED) is 0.833. The largest absolute Gasteiger partial charge is 0.399 e. The van der Waals surface area contributed by atoms with Crippen molar-refractivity contribution in [2.45, 2.75) is 18.6 Å². The molecule has 0 aromatic heterocycles. The number of benzene rings is 1. The summed E-state index contributed by atoms with van der Waals surface area (Å²) in [5.41, 5.74) is 6.75. The number of carbonyl (C=O) groups is 1. The van der Waals surface area contributed by atoms with Gasteiger partial charge < -0.3 is 10.6 Å². The average Bonchev–Trinajstić information content (AvgIpc) is 2.26. The van der Waals surface area contributed by atoms with Crippen molar-refractivity contribution in [3.63, 3.8) is 0 Å². The van der Waals surface area contributed by atoms with E-state index in [2.05, 4.69) is 0 Å². The van der Waals surface area contributed by atoms with Crippen LogP contribution in [0.15, 0.2) is 24.3 Å². The molecule has 0 aliphatic heterocycles. The summed E-state index contributed by atoms with van der Waals surface area (Å²) in [7, 11) is -1.94. The Balaban J connectivity index is 3.09. The molecule has 0 fully saturated rings. The second kappa shape index (κ2) is 4.61. The van der Waals surface area contributed by atoms with Crippen LogP contribution in [0.4, 0.5) is 11.4 Å². The van der Waals surface area contributed by atoms with Crippen molar-refractivity contribution >= 4 is 27.1 Å². The Morgan fingerprint density at radius 3 is 2.06 bits per heavy atom. The lowest BCUT2D eigenvalue weighted by atomic mass is 10.1. The fourth-order valence-corrected chi connectivity index (χ4v) is 1.83. The van der Waals surface area contributed by atoms with Crippen LogP contribution < -0.4 is 10.6 Å². The molecule has 1 rings (SSSR count). The molecule has 18 heavy (non-hydrogen) atoms. The average molecular weight is 270 g/mol. The molecule has 0 spiro atoms. The molecule has 1 amide bonds. The van der Waals surface area contributed by atoms with Crippen molar-refractivity contribution in [3.05, 3.63) is 24.3 Å². The van der Waals surface area contributed by atoms with Gasteiger partial charge in [-0.3, -0.25) is 4.79 Å². The Labute approximate surface area is 108 Å². The van der Waals surface area contributed by atoms with Gasteiger partial charge in [-0.15, -0.1) is 0 Å². The van der Waals surface area contributed by atoms with Crippen LogP contribution in [0.2, 0.25) is 0 Å². The van der Waals surface area contributed by atoms with Crippen LogP contribution in [-0.2, 0) is 14.6 Å². The van der Waals surface area contributed by atoms with E-state index >= 15 is 0 Å². The molecule has 0 bridgehead atoms. The Morgan fingerprint density at radius 1 is 1.22 bits per heavy atom. The summed E-state index contributed by atoms with van der Waals surface area (Å²) in [4.78, 5) is 13.5. The maximum absolute atomic E-state index is 12.2. The van der Waals surface area contributed by atoms with E-state index in [1.807, 2.05) is 0 Å². The van der Waals surface area contributed by atoms with Gasteiger partial charge in [-0.05, 0) is 38.1 Å². The Bertz CT molecular complexity index is 547. The summed E-state index contributed by atoms with van der Waals surface area (Å²) < 4.78 is 21.8. The van der Waals surface area contributed by atoms with Gasteiger partial charge in [-0.25, -0.2) is 8.42 Å². The lowest BCUT2D eigenvalue weighted by Crippen LogP contribution is -2.48. The molecule has 0 saturated heterocycles. The fraction of sp³-hybridized carbons (Fsp3) is 0.417. The summed E-state index contributed by atoms with van der Waals surface area (Å²) >= 11 is 0. The SMILES string of the molecule is CN(C(=O)C(C)(C)S(C)(=O)=O)c1ccc(N)cc1. The van der Waals surface area contributed by atoms with Gasteiger partial charge in [0, 0.05) is 24.7 Å². The summed E-state index contributed by atoms with van der Waals surface area (Å²) in [5.74, 6) is -0.477. The molecule has 0 aliphatic rings. The number of carbonyl (C=O) groups excluding carboxylic acids is 1. The van der Waals surface area contributed by atoms with Crippen LogP contribution in [0.25, 0.3) is 0 Å². The topological polar surface area (TPSA) is 80.5 Å². The van der Waals surface area contributed by atoms with Crippen LogP contribution in [0.1, 0.15) is 13.8 Å². The molecule has 0 unspecified atom stereocenters. The second-order valence-electron chi connectivity index (χ2n) is 4.74. The first-order chi connectivity index (χ1) is 8.07. The van der Waals surface area contributed by atoms with Gasteiger partial charge in [0.1, 0.15) is 4.75 Å². The standard InChI is InChI=1S/C12H18N2O3S/c1-12(2,18(4,16)17)11(15)14(3)10-7-5-9(13)6-8-10/h5-8H,13H2,1-4H3. The molecule has 0 atom stereocenters. The van der Waals surface area contributed by atoms with Gasteiger partial charge in [0.2, 0.25) is 5.91 Å². The highest BCUT2D eigenvalue weighted by atomic mass is 32.2. The third-order valence-electron chi connectivity index (χ3n) is 3.03. The van der Waals surface area contributed by atoms with Gasteiger partial charge >= 0.3 is 0 Å². The highest BCUT2D eigenvalue weighted by Gasteiger charge is 2.40. The van der Waals surface area contributed by atoms with Gasteiger partial charge in [-0.1, -0.05) is 0 Å². The number of nitrogen functional groups attached to an aromatic ring is 1. The molecule has 0 heterocycles. The summed E-state index contributed by atoms with van der Waals surface area (Å²) in [6, 6.07) is 6.66. The van der Waals surface area contributed by atoms with Gasteiger partial charge in [-0.2, -0.15) is 0 Å². The maximum Gasteiger partial charge on any atom is 0.247 e. The third-order valence-corrected chi connectivity index (χ3v) is 5.06. The number of anilines is 2. The van der Waals surface area contributed by atoms with E-state index in [1.54, 1.807) is 31.3 Å². The molecule has 0 aliphatic carbocycles. The first-order valence-electron chi connectivity index (χ1n) is 5.40. The summed E-state index contributed by atoms with van der Waals surface area (Å²) in [6.45, 7) is 2.80. The van der Waals surface area contributed by atoms with Gasteiger partial charge in [0.05, 0.1) is 0 Å². The maximum atomic E-state index is 12.2. The van der Waals surface area contributed by atoms with Crippen molar-refractivity contribution < 1.29 is 13.2 Å². The molecule has 0 saturated carbocycles. The summed E-state index contributed by atoms with van der Waals surface area (Å²) in [5, 5.41) is 0. The zero-order chi connectivity index (χ0) is 14.1. The van der Waals surface area contributed by atoms with Gasteiger partial charge in [0.25, 0.3) is 0 Å². The first kappa shape index (κ1) is 14.5. The molecule has 2 N–H and O–H groups in total. The lowest BCUT2D eigenvalue weighted by Gasteiger charge is -2.27. The smallest absolute Gasteiger partial charge is 0.247 e. The molecule has 0 radical (unpaired) electrons. The minimum atomic E-state index is -3.48. The monoisotopic (exact) mass is 270 g/mol.